The van der Waals surface area contributed by atoms with Gasteiger partial charge in [0.25, 0.3) is 0 Å². The second-order valence-electron chi connectivity index (χ2n) is 5.64. The lowest BCUT2D eigenvalue weighted by molar-refractivity contribution is 0.262. The monoisotopic (exact) mass is 332 g/mol. The molecule has 0 atom stereocenters. The summed E-state index contributed by atoms with van der Waals surface area (Å²) in [5.41, 5.74) is 1.36. The zero-order valence-electron chi connectivity index (χ0n) is 13.3. The van der Waals surface area contributed by atoms with Gasteiger partial charge in [0.2, 0.25) is 0 Å². The molecule has 2 aromatic carbocycles. The Morgan fingerprint density at radius 2 is 1.78 bits per heavy atom. The number of anilines is 2. The van der Waals surface area contributed by atoms with Gasteiger partial charge in [-0.3, -0.25) is 0 Å². The molecule has 0 fully saturated rings. The summed E-state index contributed by atoms with van der Waals surface area (Å²) in [5, 5.41) is 6.15. The van der Waals surface area contributed by atoms with Crippen LogP contribution in [0.15, 0.2) is 48.5 Å². The van der Waals surface area contributed by atoms with Crippen LogP contribution in [0.25, 0.3) is 0 Å². The number of hydrogen-bond donors (Lipinski definition) is 2. The minimum atomic E-state index is -0.313. The fraction of sp³-hybridized carbons (Fsp3) is 0.278. The second-order valence-corrected chi connectivity index (χ2v) is 6.08. The average Bonchev–Trinajstić information content (AvgIpc) is 2.49. The molecule has 0 aliphatic heterocycles. The number of carbonyl (C=O) groups is 1. The lowest BCUT2D eigenvalue weighted by Gasteiger charge is -2.11. The molecule has 2 rings (SSSR count). The standard InChI is InChI=1S/C18H21ClN2O2/c1-13(2)10-11-23-17-5-3-4-16(12-17)21-18(22)20-15-8-6-14(19)7-9-15/h3-9,12-13H,10-11H2,1-2H3,(H2,20,21,22). The molecule has 122 valence electrons. The van der Waals surface area contributed by atoms with Crippen molar-refractivity contribution in [2.45, 2.75) is 20.3 Å². The van der Waals surface area contributed by atoms with Crippen LogP contribution in [0.3, 0.4) is 0 Å². The zero-order chi connectivity index (χ0) is 16.7. The van der Waals surface area contributed by atoms with Gasteiger partial charge in [0.05, 0.1) is 6.61 Å². The highest BCUT2D eigenvalue weighted by molar-refractivity contribution is 6.30. The molecule has 0 aliphatic carbocycles. The summed E-state index contributed by atoms with van der Waals surface area (Å²) in [7, 11) is 0. The Labute approximate surface area is 141 Å². The maximum absolute atomic E-state index is 12.0. The summed E-state index contributed by atoms with van der Waals surface area (Å²) < 4.78 is 5.68. The SMILES string of the molecule is CC(C)CCOc1cccc(NC(=O)Nc2ccc(Cl)cc2)c1. The van der Waals surface area contributed by atoms with E-state index in [1.165, 1.54) is 0 Å². The molecule has 0 saturated carbocycles. The summed E-state index contributed by atoms with van der Waals surface area (Å²) in [4.78, 5) is 12.0. The van der Waals surface area contributed by atoms with Crippen molar-refractivity contribution in [2.24, 2.45) is 5.92 Å². The third kappa shape index (κ3) is 6.20. The predicted molar refractivity (Wildman–Crippen MR) is 95.5 cm³/mol. The van der Waals surface area contributed by atoms with Crippen molar-refractivity contribution in [1.29, 1.82) is 0 Å². The van der Waals surface area contributed by atoms with Crippen LogP contribution in [-0.2, 0) is 0 Å². The molecule has 2 aromatic rings. The van der Waals surface area contributed by atoms with Crippen LogP contribution in [0.2, 0.25) is 5.02 Å². The molecule has 5 heteroatoms. The number of carbonyl (C=O) groups excluding carboxylic acids is 1. The maximum Gasteiger partial charge on any atom is 0.323 e. The van der Waals surface area contributed by atoms with Crippen molar-refractivity contribution in [3.8, 4) is 5.75 Å². The van der Waals surface area contributed by atoms with Crippen molar-refractivity contribution in [3.05, 3.63) is 53.6 Å². The number of benzene rings is 2. The second kappa shape index (κ2) is 8.44. The molecule has 0 saturated heterocycles. The fourth-order valence-corrected chi connectivity index (χ4v) is 2.03. The van der Waals surface area contributed by atoms with Crippen LogP contribution in [0.1, 0.15) is 20.3 Å². The summed E-state index contributed by atoms with van der Waals surface area (Å²) in [5.74, 6) is 1.34. The average molecular weight is 333 g/mol. The lowest BCUT2D eigenvalue weighted by atomic mass is 10.1. The lowest BCUT2D eigenvalue weighted by Crippen LogP contribution is -2.19. The van der Waals surface area contributed by atoms with Crippen LogP contribution in [0, 0.1) is 5.92 Å². The Balaban J connectivity index is 1.89. The number of nitrogens with one attached hydrogen (secondary N) is 2. The van der Waals surface area contributed by atoms with Gasteiger partial charge in [-0.1, -0.05) is 31.5 Å². The number of ether oxygens (including phenoxy) is 1. The van der Waals surface area contributed by atoms with E-state index in [2.05, 4.69) is 24.5 Å². The van der Waals surface area contributed by atoms with E-state index in [0.717, 1.165) is 12.2 Å². The van der Waals surface area contributed by atoms with Gasteiger partial charge in [-0.2, -0.15) is 0 Å². The molecule has 23 heavy (non-hydrogen) atoms. The minimum absolute atomic E-state index is 0.313. The van der Waals surface area contributed by atoms with Crippen LogP contribution in [0.4, 0.5) is 16.2 Å². The van der Waals surface area contributed by atoms with Crippen molar-refractivity contribution < 1.29 is 9.53 Å². The molecule has 2 amide bonds. The van der Waals surface area contributed by atoms with E-state index in [9.17, 15) is 4.79 Å². The molecule has 0 bridgehead atoms. The normalized spacial score (nSPS) is 10.4. The smallest absolute Gasteiger partial charge is 0.323 e. The van der Waals surface area contributed by atoms with Crippen LogP contribution >= 0.6 is 11.6 Å². The van der Waals surface area contributed by atoms with E-state index in [-0.39, 0.29) is 6.03 Å². The molecular formula is C18H21ClN2O2. The van der Waals surface area contributed by atoms with Gasteiger partial charge >= 0.3 is 6.03 Å². The highest BCUT2D eigenvalue weighted by Gasteiger charge is 2.04. The predicted octanol–water partition coefficient (Wildman–Crippen LogP) is 5.41. The summed E-state index contributed by atoms with van der Waals surface area (Å²) in [6.45, 7) is 4.98. The molecule has 0 aliphatic rings. The quantitative estimate of drug-likeness (QED) is 0.743. The van der Waals surface area contributed by atoms with Crippen molar-refractivity contribution >= 4 is 29.0 Å². The van der Waals surface area contributed by atoms with Gasteiger partial charge in [0.1, 0.15) is 5.75 Å². The Morgan fingerprint density at radius 3 is 2.48 bits per heavy atom. The largest absolute Gasteiger partial charge is 0.494 e. The van der Waals surface area contributed by atoms with E-state index in [1.54, 1.807) is 24.3 Å². The summed E-state index contributed by atoms with van der Waals surface area (Å²) >= 11 is 5.81. The number of halogens is 1. The van der Waals surface area contributed by atoms with Crippen molar-refractivity contribution in [3.63, 3.8) is 0 Å². The topological polar surface area (TPSA) is 50.4 Å². The first kappa shape index (κ1) is 17.2. The highest BCUT2D eigenvalue weighted by atomic mass is 35.5. The third-order valence-electron chi connectivity index (χ3n) is 3.16. The molecule has 0 unspecified atom stereocenters. The number of amides is 2. The number of urea groups is 1. The summed E-state index contributed by atoms with van der Waals surface area (Å²) in [6.07, 6.45) is 0.995. The van der Waals surface area contributed by atoms with E-state index < -0.39 is 0 Å². The molecule has 0 heterocycles. The molecular weight excluding hydrogens is 312 g/mol. The zero-order valence-corrected chi connectivity index (χ0v) is 14.1. The van der Waals surface area contributed by atoms with E-state index in [0.29, 0.717) is 28.9 Å². The van der Waals surface area contributed by atoms with Gasteiger partial charge in [-0.25, -0.2) is 4.79 Å². The maximum atomic E-state index is 12.0. The first-order chi connectivity index (χ1) is 11.0. The highest BCUT2D eigenvalue weighted by Crippen LogP contribution is 2.19. The van der Waals surface area contributed by atoms with Gasteiger partial charge < -0.3 is 15.4 Å². The first-order valence-corrected chi connectivity index (χ1v) is 7.97. The van der Waals surface area contributed by atoms with Crippen molar-refractivity contribution in [2.75, 3.05) is 17.2 Å². The molecule has 0 aromatic heterocycles. The Hall–Kier alpha value is -2.20. The molecule has 0 radical (unpaired) electrons. The summed E-state index contributed by atoms with van der Waals surface area (Å²) in [6, 6.07) is 14.0. The van der Waals surface area contributed by atoms with Gasteiger partial charge in [-0.15, -0.1) is 0 Å². The molecule has 2 N–H and O–H groups in total. The third-order valence-corrected chi connectivity index (χ3v) is 3.41. The Bertz CT molecular complexity index is 642. The minimum Gasteiger partial charge on any atom is -0.494 e. The fourth-order valence-electron chi connectivity index (χ4n) is 1.90. The van der Waals surface area contributed by atoms with E-state index in [4.69, 9.17) is 16.3 Å². The first-order valence-electron chi connectivity index (χ1n) is 7.59. The van der Waals surface area contributed by atoms with Crippen LogP contribution < -0.4 is 15.4 Å². The van der Waals surface area contributed by atoms with E-state index in [1.807, 2.05) is 24.3 Å². The van der Waals surface area contributed by atoms with E-state index >= 15 is 0 Å². The Kier molecular flexibility index (Phi) is 6.29. The van der Waals surface area contributed by atoms with Crippen LogP contribution in [0.5, 0.6) is 5.75 Å². The van der Waals surface area contributed by atoms with Crippen molar-refractivity contribution in [1.82, 2.24) is 0 Å². The van der Waals surface area contributed by atoms with Crippen LogP contribution in [-0.4, -0.2) is 12.6 Å². The Morgan fingerprint density at radius 1 is 1.09 bits per heavy atom. The number of hydrogen-bond acceptors (Lipinski definition) is 2. The molecule has 0 spiro atoms. The van der Waals surface area contributed by atoms with Gasteiger partial charge in [0.15, 0.2) is 0 Å². The van der Waals surface area contributed by atoms with Gasteiger partial charge in [-0.05, 0) is 48.7 Å². The van der Waals surface area contributed by atoms with Gasteiger partial charge in [0, 0.05) is 22.5 Å². The molecule has 4 nitrogen and oxygen atoms in total. The number of rotatable bonds is 6.